The molecule has 0 aromatic carbocycles. The van der Waals surface area contributed by atoms with Gasteiger partial charge in [0.25, 0.3) is 0 Å². The van der Waals surface area contributed by atoms with Gasteiger partial charge in [-0.05, 0) is 6.92 Å². The van der Waals surface area contributed by atoms with Crippen molar-refractivity contribution in [2.45, 2.75) is 19.4 Å². The van der Waals surface area contributed by atoms with E-state index in [2.05, 4.69) is 10.6 Å². The van der Waals surface area contributed by atoms with Crippen LogP contribution in [0.5, 0.6) is 0 Å². The smallest absolute Gasteiger partial charge is 0.323 e. The van der Waals surface area contributed by atoms with Crippen molar-refractivity contribution in [3.63, 3.8) is 0 Å². The van der Waals surface area contributed by atoms with Gasteiger partial charge < -0.3 is 20.5 Å². The van der Waals surface area contributed by atoms with E-state index in [1.165, 1.54) is 7.11 Å². The minimum absolute atomic E-state index is 0.0880. The molecule has 3 N–H and O–H groups in total. The number of carbonyl (C=O) groups excluding carboxylic acids is 1. The molecule has 0 fully saturated rings. The molecule has 6 heteroatoms. The maximum atomic E-state index is 11.0. The molecule has 1 amide bonds. The summed E-state index contributed by atoms with van der Waals surface area (Å²) in [6.45, 7) is 2.83. The van der Waals surface area contributed by atoms with Crippen molar-refractivity contribution in [3.8, 4) is 0 Å². The lowest BCUT2D eigenvalue weighted by Crippen LogP contribution is -2.42. The summed E-state index contributed by atoms with van der Waals surface area (Å²) in [4.78, 5) is 21.7. The zero-order valence-electron chi connectivity index (χ0n) is 9.08. The Hall–Kier alpha value is -1.14. The number of hydrogen-bond donors (Lipinski definition) is 3. The first kappa shape index (κ1) is 13.9. The molecule has 0 rings (SSSR count). The summed E-state index contributed by atoms with van der Waals surface area (Å²) in [5.41, 5.74) is 0. The van der Waals surface area contributed by atoms with Crippen LogP contribution >= 0.6 is 0 Å². The van der Waals surface area contributed by atoms with Crippen LogP contribution in [0.2, 0.25) is 0 Å². The van der Waals surface area contributed by atoms with Crippen molar-refractivity contribution < 1.29 is 19.4 Å². The van der Waals surface area contributed by atoms with Gasteiger partial charge in [0.05, 0.1) is 6.61 Å². The van der Waals surface area contributed by atoms with E-state index in [1.807, 2.05) is 6.92 Å². The SMILES string of the molecule is CCNC(=O)CCNC(COC)C(=O)O. The van der Waals surface area contributed by atoms with Crippen LogP contribution in [0, 0.1) is 0 Å². The third kappa shape index (κ3) is 6.87. The first-order chi connectivity index (χ1) is 7.11. The molecule has 0 heterocycles. The molecule has 6 nitrogen and oxygen atoms in total. The molecule has 15 heavy (non-hydrogen) atoms. The molecule has 0 aliphatic heterocycles. The van der Waals surface area contributed by atoms with Crippen molar-refractivity contribution in [2.24, 2.45) is 0 Å². The molecular formula is C9H18N2O4. The van der Waals surface area contributed by atoms with Gasteiger partial charge in [-0.15, -0.1) is 0 Å². The zero-order chi connectivity index (χ0) is 11.7. The van der Waals surface area contributed by atoms with Crippen LogP contribution in [0.3, 0.4) is 0 Å². The number of rotatable bonds is 8. The van der Waals surface area contributed by atoms with Gasteiger partial charge in [-0.25, -0.2) is 0 Å². The summed E-state index contributed by atoms with van der Waals surface area (Å²) in [6.07, 6.45) is 0.265. The number of methoxy groups -OCH3 is 1. The molecular weight excluding hydrogens is 200 g/mol. The Bertz CT molecular complexity index is 208. The summed E-state index contributed by atoms with van der Waals surface area (Å²) < 4.78 is 4.73. The number of nitrogens with one attached hydrogen (secondary N) is 2. The summed E-state index contributed by atoms with van der Waals surface area (Å²) >= 11 is 0. The molecule has 0 saturated heterocycles. The Labute approximate surface area is 89.0 Å². The molecule has 1 atom stereocenters. The van der Waals surface area contributed by atoms with E-state index in [0.717, 1.165) is 0 Å². The van der Waals surface area contributed by atoms with Gasteiger partial charge in [0.1, 0.15) is 6.04 Å². The topological polar surface area (TPSA) is 87.7 Å². The predicted molar refractivity (Wildman–Crippen MR) is 54.6 cm³/mol. The molecule has 0 spiro atoms. The highest BCUT2D eigenvalue weighted by Gasteiger charge is 2.16. The van der Waals surface area contributed by atoms with Crippen molar-refractivity contribution in [2.75, 3.05) is 26.8 Å². The van der Waals surface area contributed by atoms with E-state index in [-0.39, 0.29) is 18.9 Å². The number of carbonyl (C=O) groups is 2. The Morgan fingerprint density at radius 2 is 2.13 bits per heavy atom. The van der Waals surface area contributed by atoms with E-state index in [4.69, 9.17) is 9.84 Å². The second-order valence-electron chi connectivity index (χ2n) is 3.00. The average Bonchev–Trinajstić information content (AvgIpc) is 2.16. The Morgan fingerprint density at radius 3 is 2.60 bits per heavy atom. The Balaban J connectivity index is 3.70. The minimum atomic E-state index is -0.979. The standard InChI is InChI=1S/C9H18N2O4/c1-3-10-8(12)4-5-11-7(6-15-2)9(13)14/h7,11H,3-6H2,1-2H3,(H,10,12)(H,13,14). The Morgan fingerprint density at radius 1 is 1.47 bits per heavy atom. The highest BCUT2D eigenvalue weighted by atomic mass is 16.5. The van der Waals surface area contributed by atoms with Crippen molar-refractivity contribution in [1.82, 2.24) is 10.6 Å². The number of amides is 1. The van der Waals surface area contributed by atoms with Gasteiger partial charge in [-0.3, -0.25) is 9.59 Å². The second-order valence-corrected chi connectivity index (χ2v) is 3.00. The van der Waals surface area contributed by atoms with Crippen LogP contribution in [-0.2, 0) is 14.3 Å². The minimum Gasteiger partial charge on any atom is -0.480 e. The van der Waals surface area contributed by atoms with Crippen LogP contribution in [0.1, 0.15) is 13.3 Å². The fourth-order valence-electron chi connectivity index (χ4n) is 1.03. The summed E-state index contributed by atoms with van der Waals surface area (Å²) in [5.74, 6) is -1.07. The lowest BCUT2D eigenvalue weighted by molar-refractivity contribution is -0.141. The predicted octanol–water partition coefficient (Wildman–Crippen LogP) is -0.798. The molecule has 0 aromatic rings. The quantitative estimate of drug-likeness (QED) is 0.496. The first-order valence-electron chi connectivity index (χ1n) is 4.83. The number of ether oxygens (including phenoxy) is 1. The van der Waals surface area contributed by atoms with E-state index >= 15 is 0 Å². The van der Waals surface area contributed by atoms with Gasteiger partial charge in [0, 0.05) is 26.6 Å². The van der Waals surface area contributed by atoms with Crippen LogP contribution in [0.25, 0.3) is 0 Å². The van der Waals surface area contributed by atoms with Crippen molar-refractivity contribution in [3.05, 3.63) is 0 Å². The molecule has 0 aliphatic rings. The maximum absolute atomic E-state index is 11.0. The summed E-state index contributed by atoms with van der Waals surface area (Å²) in [5, 5.41) is 14.1. The number of hydrogen-bond acceptors (Lipinski definition) is 4. The third-order valence-electron chi connectivity index (χ3n) is 1.75. The van der Waals surface area contributed by atoms with E-state index in [9.17, 15) is 9.59 Å². The lowest BCUT2D eigenvalue weighted by Gasteiger charge is -2.12. The van der Waals surface area contributed by atoms with Crippen molar-refractivity contribution in [1.29, 1.82) is 0 Å². The van der Waals surface area contributed by atoms with Gasteiger partial charge in [0.15, 0.2) is 0 Å². The molecule has 88 valence electrons. The fourth-order valence-corrected chi connectivity index (χ4v) is 1.03. The van der Waals surface area contributed by atoms with Crippen LogP contribution in [0.15, 0.2) is 0 Å². The number of aliphatic carboxylic acids is 1. The maximum Gasteiger partial charge on any atom is 0.323 e. The molecule has 0 radical (unpaired) electrons. The largest absolute Gasteiger partial charge is 0.480 e. The normalized spacial score (nSPS) is 12.1. The van der Waals surface area contributed by atoms with Crippen LogP contribution in [0.4, 0.5) is 0 Å². The van der Waals surface area contributed by atoms with E-state index in [1.54, 1.807) is 0 Å². The zero-order valence-corrected chi connectivity index (χ0v) is 9.08. The van der Waals surface area contributed by atoms with Crippen LogP contribution in [-0.4, -0.2) is 49.8 Å². The molecule has 1 unspecified atom stereocenters. The third-order valence-corrected chi connectivity index (χ3v) is 1.75. The molecule has 0 aromatic heterocycles. The summed E-state index contributed by atoms with van der Waals surface area (Å²) in [7, 11) is 1.43. The second kappa shape index (κ2) is 8.19. The monoisotopic (exact) mass is 218 g/mol. The summed E-state index contributed by atoms with van der Waals surface area (Å²) in [6, 6.07) is -0.760. The van der Waals surface area contributed by atoms with Crippen LogP contribution < -0.4 is 10.6 Å². The first-order valence-corrected chi connectivity index (χ1v) is 4.83. The fraction of sp³-hybridized carbons (Fsp3) is 0.778. The van der Waals surface area contributed by atoms with Gasteiger partial charge >= 0.3 is 5.97 Å². The highest BCUT2D eigenvalue weighted by molar-refractivity contribution is 5.76. The highest BCUT2D eigenvalue weighted by Crippen LogP contribution is 1.86. The molecule has 0 saturated carbocycles. The number of carboxylic acids is 1. The molecule has 0 aliphatic carbocycles. The molecule has 0 bridgehead atoms. The van der Waals surface area contributed by atoms with Gasteiger partial charge in [0.2, 0.25) is 5.91 Å². The van der Waals surface area contributed by atoms with E-state index < -0.39 is 12.0 Å². The van der Waals surface area contributed by atoms with E-state index in [0.29, 0.717) is 13.1 Å². The number of carboxylic acid groups (broad SMARTS) is 1. The lowest BCUT2D eigenvalue weighted by atomic mass is 10.3. The van der Waals surface area contributed by atoms with Crippen molar-refractivity contribution >= 4 is 11.9 Å². The van der Waals surface area contributed by atoms with Gasteiger partial charge in [-0.1, -0.05) is 0 Å². The van der Waals surface area contributed by atoms with Gasteiger partial charge in [-0.2, -0.15) is 0 Å². The average molecular weight is 218 g/mol. The Kier molecular flexibility index (Phi) is 7.57.